The van der Waals surface area contributed by atoms with E-state index in [0.717, 1.165) is 6.20 Å². The van der Waals surface area contributed by atoms with Gasteiger partial charge in [0.05, 0.1) is 24.5 Å². The first-order valence-electron chi connectivity index (χ1n) is 8.55. The molecule has 2 aromatic rings. The molecule has 0 unspecified atom stereocenters. The van der Waals surface area contributed by atoms with Crippen molar-refractivity contribution in [2.75, 3.05) is 11.9 Å². The Labute approximate surface area is 159 Å². The minimum absolute atomic E-state index is 0.0613. The predicted molar refractivity (Wildman–Crippen MR) is 96.0 cm³/mol. The lowest BCUT2D eigenvalue weighted by atomic mass is 10.0. The summed E-state index contributed by atoms with van der Waals surface area (Å²) < 4.78 is 45.8. The molecule has 2 rings (SSSR count). The summed E-state index contributed by atoms with van der Waals surface area (Å²) >= 11 is 0. The van der Waals surface area contributed by atoms with Gasteiger partial charge in [-0.1, -0.05) is 13.8 Å². The Kier molecular flexibility index (Phi) is 6.45. The zero-order chi connectivity index (χ0) is 21.1. The van der Waals surface area contributed by atoms with Gasteiger partial charge in [0.1, 0.15) is 5.56 Å². The molecular weight excluding hydrogens is 377 g/mol. The molecule has 1 atom stereocenters. The van der Waals surface area contributed by atoms with Gasteiger partial charge in [0.15, 0.2) is 5.69 Å². The molecule has 1 heterocycles. The highest BCUT2D eigenvalue weighted by molar-refractivity contribution is 5.95. The second-order valence-corrected chi connectivity index (χ2v) is 6.34. The van der Waals surface area contributed by atoms with Crippen LogP contribution in [0.1, 0.15) is 36.8 Å². The first kappa shape index (κ1) is 21.4. The molecule has 152 valence electrons. The van der Waals surface area contributed by atoms with Gasteiger partial charge in [-0.15, -0.1) is 0 Å². The van der Waals surface area contributed by atoms with Gasteiger partial charge in [0, 0.05) is 5.69 Å². The largest absolute Gasteiger partial charge is 0.462 e. The van der Waals surface area contributed by atoms with E-state index in [1.54, 1.807) is 13.8 Å². The van der Waals surface area contributed by atoms with Crippen molar-refractivity contribution >= 4 is 17.6 Å². The zero-order valence-corrected chi connectivity index (χ0v) is 15.6. The standard InChI is InChI=1S/C18H21F3N4O3/c1-4-28-17(27)13-9-23-25(15(13)18(19,20)21)12-7-5-11(6-8-12)24-16(26)14(22)10(2)3/h5-10,14H,4,22H2,1-3H3,(H,24,26)/t14-/m0/s1. The van der Waals surface area contributed by atoms with Gasteiger partial charge in [-0.05, 0) is 37.1 Å². The van der Waals surface area contributed by atoms with Gasteiger partial charge < -0.3 is 15.8 Å². The van der Waals surface area contributed by atoms with Crippen molar-refractivity contribution in [2.45, 2.75) is 33.0 Å². The molecule has 0 radical (unpaired) electrons. The van der Waals surface area contributed by atoms with Crippen LogP contribution in [0.4, 0.5) is 18.9 Å². The Hall–Kier alpha value is -2.88. The number of carbonyl (C=O) groups is 2. The smallest absolute Gasteiger partial charge is 0.434 e. The highest BCUT2D eigenvalue weighted by atomic mass is 19.4. The van der Waals surface area contributed by atoms with E-state index in [1.165, 1.54) is 31.2 Å². The third kappa shape index (κ3) is 4.69. The normalized spacial score (nSPS) is 12.7. The number of alkyl halides is 3. The van der Waals surface area contributed by atoms with E-state index in [1.807, 2.05) is 0 Å². The van der Waals surface area contributed by atoms with E-state index in [2.05, 4.69) is 15.2 Å². The lowest BCUT2D eigenvalue weighted by Gasteiger charge is -2.16. The fourth-order valence-corrected chi connectivity index (χ4v) is 2.39. The summed E-state index contributed by atoms with van der Waals surface area (Å²) in [5.74, 6) is -1.57. The maximum atomic E-state index is 13.5. The number of nitrogens with one attached hydrogen (secondary N) is 1. The number of hydrogen-bond acceptors (Lipinski definition) is 5. The van der Waals surface area contributed by atoms with Crippen molar-refractivity contribution in [2.24, 2.45) is 11.7 Å². The minimum Gasteiger partial charge on any atom is -0.462 e. The number of hydrogen-bond donors (Lipinski definition) is 2. The summed E-state index contributed by atoms with van der Waals surface area (Å²) in [5.41, 5.74) is 4.29. The fraction of sp³-hybridized carbons (Fsp3) is 0.389. The SMILES string of the molecule is CCOC(=O)c1cnn(-c2ccc(NC(=O)[C@@H](N)C(C)C)cc2)c1C(F)(F)F. The number of benzene rings is 1. The van der Waals surface area contributed by atoms with E-state index in [9.17, 15) is 22.8 Å². The molecule has 0 aliphatic heterocycles. The topological polar surface area (TPSA) is 99.2 Å². The van der Waals surface area contributed by atoms with Crippen LogP contribution in [-0.4, -0.2) is 34.3 Å². The number of rotatable bonds is 6. The number of carbonyl (C=O) groups excluding carboxylic acids is 2. The maximum absolute atomic E-state index is 13.5. The van der Waals surface area contributed by atoms with Crippen LogP contribution >= 0.6 is 0 Å². The van der Waals surface area contributed by atoms with Gasteiger partial charge in [0.2, 0.25) is 5.91 Å². The predicted octanol–water partition coefficient (Wildman–Crippen LogP) is 2.99. The lowest BCUT2D eigenvalue weighted by molar-refractivity contribution is -0.143. The van der Waals surface area contributed by atoms with Crippen molar-refractivity contribution in [1.82, 2.24) is 9.78 Å². The number of anilines is 1. The number of aromatic nitrogens is 2. The second-order valence-electron chi connectivity index (χ2n) is 6.34. The number of ether oxygens (including phenoxy) is 1. The summed E-state index contributed by atoms with van der Waals surface area (Å²) in [7, 11) is 0. The third-order valence-corrected chi connectivity index (χ3v) is 3.93. The van der Waals surface area contributed by atoms with Crippen LogP contribution < -0.4 is 11.1 Å². The van der Waals surface area contributed by atoms with Gasteiger partial charge in [-0.25, -0.2) is 9.48 Å². The van der Waals surface area contributed by atoms with Crippen LogP contribution in [0.3, 0.4) is 0 Å². The molecule has 0 bridgehead atoms. The number of amides is 1. The Morgan fingerprint density at radius 1 is 1.25 bits per heavy atom. The van der Waals surface area contributed by atoms with Crippen molar-refractivity contribution in [3.63, 3.8) is 0 Å². The molecule has 0 fully saturated rings. The van der Waals surface area contributed by atoms with E-state index >= 15 is 0 Å². The van der Waals surface area contributed by atoms with Crippen molar-refractivity contribution in [3.8, 4) is 5.69 Å². The first-order chi connectivity index (χ1) is 13.1. The molecule has 1 aromatic carbocycles. The van der Waals surface area contributed by atoms with Gasteiger partial charge in [0.25, 0.3) is 0 Å². The molecule has 0 saturated carbocycles. The lowest BCUT2D eigenvalue weighted by Crippen LogP contribution is -2.39. The number of nitrogens with two attached hydrogens (primary N) is 1. The average molecular weight is 398 g/mol. The minimum atomic E-state index is -4.82. The zero-order valence-electron chi connectivity index (χ0n) is 15.6. The summed E-state index contributed by atoms with van der Waals surface area (Å²) in [5, 5.41) is 6.28. The summed E-state index contributed by atoms with van der Waals surface area (Å²) in [6.07, 6.45) is -4.01. The molecular formula is C18H21F3N4O3. The van der Waals surface area contributed by atoms with Crippen molar-refractivity contribution in [3.05, 3.63) is 41.7 Å². The van der Waals surface area contributed by atoms with Crippen LogP contribution in [0.15, 0.2) is 30.5 Å². The molecule has 1 amide bonds. The van der Waals surface area contributed by atoms with E-state index < -0.39 is 35.4 Å². The summed E-state index contributed by atoms with van der Waals surface area (Å²) in [6.45, 7) is 5.03. The third-order valence-electron chi connectivity index (χ3n) is 3.93. The second kappa shape index (κ2) is 8.42. The Balaban J connectivity index is 2.33. The van der Waals surface area contributed by atoms with Crippen LogP contribution in [-0.2, 0) is 15.7 Å². The molecule has 0 aliphatic rings. The van der Waals surface area contributed by atoms with E-state index in [-0.39, 0.29) is 18.2 Å². The Morgan fingerprint density at radius 2 is 1.86 bits per heavy atom. The monoisotopic (exact) mass is 398 g/mol. The highest BCUT2D eigenvalue weighted by Gasteiger charge is 2.41. The molecule has 10 heteroatoms. The van der Waals surface area contributed by atoms with E-state index in [4.69, 9.17) is 5.73 Å². The van der Waals surface area contributed by atoms with Crippen LogP contribution in [0.5, 0.6) is 0 Å². The molecule has 28 heavy (non-hydrogen) atoms. The van der Waals surface area contributed by atoms with Crippen molar-refractivity contribution < 1.29 is 27.5 Å². The van der Waals surface area contributed by atoms with Crippen LogP contribution in [0.2, 0.25) is 0 Å². The number of esters is 1. The molecule has 0 aliphatic carbocycles. The number of nitrogens with zero attached hydrogens (tertiary/aromatic N) is 2. The first-order valence-corrected chi connectivity index (χ1v) is 8.55. The fourth-order valence-electron chi connectivity index (χ4n) is 2.39. The summed E-state index contributed by atoms with van der Waals surface area (Å²) in [6, 6.07) is 4.81. The van der Waals surface area contributed by atoms with Gasteiger partial charge in [-0.2, -0.15) is 18.3 Å². The average Bonchev–Trinajstić information content (AvgIpc) is 3.07. The summed E-state index contributed by atoms with van der Waals surface area (Å²) in [4.78, 5) is 23.8. The molecule has 7 nitrogen and oxygen atoms in total. The van der Waals surface area contributed by atoms with Crippen LogP contribution in [0, 0.1) is 5.92 Å². The van der Waals surface area contributed by atoms with Crippen molar-refractivity contribution in [1.29, 1.82) is 0 Å². The van der Waals surface area contributed by atoms with E-state index in [0.29, 0.717) is 10.4 Å². The Morgan fingerprint density at radius 3 is 2.36 bits per heavy atom. The maximum Gasteiger partial charge on any atom is 0.434 e. The number of halogens is 3. The quantitative estimate of drug-likeness (QED) is 0.729. The highest BCUT2D eigenvalue weighted by Crippen LogP contribution is 2.34. The molecule has 1 aromatic heterocycles. The van der Waals surface area contributed by atoms with Gasteiger partial charge >= 0.3 is 12.1 Å². The molecule has 3 N–H and O–H groups in total. The van der Waals surface area contributed by atoms with Gasteiger partial charge in [-0.3, -0.25) is 4.79 Å². The molecule has 0 saturated heterocycles. The van der Waals surface area contributed by atoms with Crippen LogP contribution in [0.25, 0.3) is 5.69 Å². The molecule has 0 spiro atoms. The Bertz CT molecular complexity index is 845.